The van der Waals surface area contributed by atoms with Gasteiger partial charge in [0.25, 0.3) is 0 Å². The summed E-state index contributed by atoms with van der Waals surface area (Å²) in [5.41, 5.74) is 10.6. The molecule has 0 aliphatic heterocycles. The van der Waals surface area contributed by atoms with Crippen LogP contribution in [0.3, 0.4) is 0 Å². The molecule has 104 valence electrons. The van der Waals surface area contributed by atoms with E-state index in [9.17, 15) is 0 Å². The van der Waals surface area contributed by atoms with E-state index >= 15 is 0 Å². The summed E-state index contributed by atoms with van der Waals surface area (Å²) in [5.74, 6) is 0.828. The summed E-state index contributed by atoms with van der Waals surface area (Å²) in [7, 11) is 1.96. The van der Waals surface area contributed by atoms with Crippen LogP contribution in [0, 0.1) is 13.8 Å². The fourth-order valence-corrected chi connectivity index (χ4v) is 2.62. The van der Waals surface area contributed by atoms with Crippen molar-refractivity contribution in [2.45, 2.75) is 26.3 Å². The highest BCUT2D eigenvalue weighted by Gasteiger charge is 2.17. The smallest absolute Gasteiger partial charge is 0.134 e. The molecule has 0 bridgehead atoms. The Bertz CT molecular complexity index is 721. The molecule has 0 aliphatic rings. The van der Waals surface area contributed by atoms with Crippen molar-refractivity contribution in [3.05, 3.63) is 53.0 Å². The molecule has 0 saturated carbocycles. The van der Waals surface area contributed by atoms with Gasteiger partial charge in [-0.2, -0.15) is 5.10 Å². The van der Waals surface area contributed by atoms with Crippen molar-refractivity contribution in [3.8, 4) is 0 Å². The molecular weight excluding hydrogens is 250 g/mol. The van der Waals surface area contributed by atoms with Crippen molar-refractivity contribution in [1.29, 1.82) is 0 Å². The van der Waals surface area contributed by atoms with Crippen LogP contribution in [-0.2, 0) is 13.5 Å². The number of para-hydroxylation sites is 1. The van der Waals surface area contributed by atoms with E-state index in [1.54, 1.807) is 0 Å². The number of furan rings is 1. The topological polar surface area (TPSA) is 57.0 Å². The first-order chi connectivity index (χ1) is 9.56. The molecular formula is C16H19N3O. The van der Waals surface area contributed by atoms with Gasteiger partial charge in [0, 0.05) is 18.1 Å². The lowest BCUT2D eigenvalue weighted by molar-refractivity contribution is 0.493. The number of benzene rings is 1. The zero-order valence-corrected chi connectivity index (χ0v) is 12.1. The molecule has 4 heteroatoms. The van der Waals surface area contributed by atoms with Gasteiger partial charge in [0.1, 0.15) is 11.3 Å². The Balaban J connectivity index is 1.90. The molecule has 1 aromatic carbocycles. The van der Waals surface area contributed by atoms with E-state index in [-0.39, 0.29) is 6.04 Å². The van der Waals surface area contributed by atoms with Gasteiger partial charge in [0.2, 0.25) is 0 Å². The van der Waals surface area contributed by atoms with Crippen molar-refractivity contribution in [2.75, 3.05) is 0 Å². The van der Waals surface area contributed by atoms with Crippen LogP contribution < -0.4 is 5.73 Å². The van der Waals surface area contributed by atoms with Gasteiger partial charge in [0.15, 0.2) is 0 Å². The quantitative estimate of drug-likeness (QED) is 0.795. The van der Waals surface area contributed by atoms with Crippen LogP contribution >= 0.6 is 0 Å². The van der Waals surface area contributed by atoms with Gasteiger partial charge >= 0.3 is 0 Å². The number of fused-ring (bicyclic) bond motifs is 1. The number of nitrogens with two attached hydrogens (primary N) is 1. The van der Waals surface area contributed by atoms with Crippen LogP contribution in [0.25, 0.3) is 11.0 Å². The average molecular weight is 269 g/mol. The minimum absolute atomic E-state index is 0.149. The molecule has 2 N–H and O–H groups in total. The second-order valence-electron chi connectivity index (χ2n) is 5.27. The first-order valence-electron chi connectivity index (χ1n) is 6.79. The maximum atomic E-state index is 6.31. The summed E-state index contributed by atoms with van der Waals surface area (Å²) < 4.78 is 7.74. The minimum Gasteiger partial charge on any atom is -0.459 e. The first-order valence-corrected chi connectivity index (χ1v) is 6.79. The molecule has 0 aliphatic carbocycles. The summed E-state index contributed by atoms with van der Waals surface area (Å²) in [4.78, 5) is 0. The van der Waals surface area contributed by atoms with Crippen molar-refractivity contribution in [1.82, 2.24) is 9.78 Å². The predicted molar refractivity (Wildman–Crippen MR) is 79.5 cm³/mol. The van der Waals surface area contributed by atoms with Gasteiger partial charge in [-0.05, 0) is 38.0 Å². The zero-order valence-electron chi connectivity index (χ0n) is 12.1. The monoisotopic (exact) mass is 269 g/mol. The second kappa shape index (κ2) is 4.80. The van der Waals surface area contributed by atoms with Gasteiger partial charge < -0.3 is 10.2 Å². The largest absolute Gasteiger partial charge is 0.459 e. The van der Waals surface area contributed by atoms with E-state index in [0.29, 0.717) is 0 Å². The van der Waals surface area contributed by atoms with E-state index < -0.39 is 0 Å². The van der Waals surface area contributed by atoms with Crippen LogP contribution in [0.1, 0.15) is 28.8 Å². The normalized spacial score (nSPS) is 13.0. The van der Waals surface area contributed by atoms with Crippen LogP contribution in [0.4, 0.5) is 0 Å². The fourth-order valence-electron chi connectivity index (χ4n) is 2.62. The van der Waals surface area contributed by atoms with E-state index in [0.717, 1.165) is 34.5 Å². The van der Waals surface area contributed by atoms with Gasteiger partial charge in [-0.3, -0.25) is 4.68 Å². The van der Waals surface area contributed by atoms with Gasteiger partial charge in [-0.25, -0.2) is 0 Å². The first kappa shape index (κ1) is 12.9. The zero-order chi connectivity index (χ0) is 14.3. The molecule has 1 atom stereocenters. The third-order valence-electron chi connectivity index (χ3n) is 3.89. The minimum atomic E-state index is -0.149. The maximum absolute atomic E-state index is 6.31. The molecule has 4 nitrogen and oxygen atoms in total. The lowest BCUT2D eigenvalue weighted by atomic mass is 10.0. The second-order valence-corrected chi connectivity index (χ2v) is 5.27. The Morgan fingerprint density at radius 2 is 2.05 bits per heavy atom. The molecule has 2 heterocycles. The number of hydrogen-bond acceptors (Lipinski definition) is 3. The summed E-state index contributed by atoms with van der Waals surface area (Å²) in [5, 5.41) is 5.53. The molecule has 1 unspecified atom stereocenters. The van der Waals surface area contributed by atoms with Crippen molar-refractivity contribution < 1.29 is 4.42 Å². The number of hydrogen-bond donors (Lipinski definition) is 1. The standard InChI is InChI=1S/C16H19N3O/c1-10-13(11(2)19(3)18-10)9-14(17)16-8-12-6-4-5-7-15(12)20-16/h4-8,14H,9,17H2,1-3H3. The van der Waals surface area contributed by atoms with E-state index in [1.807, 2.05) is 49.0 Å². The van der Waals surface area contributed by atoms with Crippen LogP contribution in [0.5, 0.6) is 0 Å². The Morgan fingerprint density at radius 1 is 1.30 bits per heavy atom. The highest BCUT2D eigenvalue weighted by atomic mass is 16.3. The van der Waals surface area contributed by atoms with Gasteiger partial charge in [-0.1, -0.05) is 18.2 Å². The Hall–Kier alpha value is -2.07. The Labute approximate surface area is 118 Å². The summed E-state index contributed by atoms with van der Waals surface area (Å²) >= 11 is 0. The van der Waals surface area contributed by atoms with E-state index in [1.165, 1.54) is 5.56 Å². The molecule has 0 amide bonds. The highest BCUT2D eigenvalue weighted by molar-refractivity contribution is 5.77. The van der Waals surface area contributed by atoms with Crippen LogP contribution in [0.15, 0.2) is 34.7 Å². The lowest BCUT2D eigenvalue weighted by Gasteiger charge is -2.09. The van der Waals surface area contributed by atoms with Gasteiger partial charge in [-0.15, -0.1) is 0 Å². The average Bonchev–Trinajstić information content (AvgIpc) is 2.95. The molecule has 3 aromatic rings. The Morgan fingerprint density at radius 3 is 2.70 bits per heavy atom. The fraction of sp³-hybridized carbons (Fsp3) is 0.312. The van der Waals surface area contributed by atoms with Crippen molar-refractivity contribution in [3.63, 3.8) is 0 Å². The Kier molecular flexibility index (Phi) is 3.10. The van der Waals surface area contributed by atoms with Crippen LogP contribution in [-0.4, -0.2) is 9.78 Å². The van der Waals surface area contributed by atoms with Gasteiger partial charge in [0.05, 0.1) is 11.7 Å². The third-order valence-corrected chi connectivity index (χ3v) is 3.89. The predicted octanol–water partition coefficient (Wildman–Crippen LogP) is 3.03. The maximum Gasteiger partial charge on any atom is 0.134 e. The van der Waals surface area contributed by atoms with Crippen LogP contribution in [0.2, 0.25) is 0 Å². The number of aromatic nitrogens is 2. The highest BCUT2D eigenvalue weighted by Crippen LogP contribution is 2.26. The number of nitrogens with zero attached hydrogens (tertiary/aromatic N) is 2. The number of aryl methyl sites for hydroxylation is 2. The van der Waals surface area contributed by atoms with E-state index in [4.69, 9.17) is 10.2 Å². The SMILES string of the molecule is Cc1nn(C)c(C)c1CC(N)c1cc2ccccc2o1. The summed E-state index contributed by atoms with van der Waals surface area (Å²) in [6.45, 7) is 4.09. The lowest BCUT2D eigenvalue weighted by Crippen LogP contribution is -2.13. The molecule has 2 aromatic heterocycles. The molecule has 0 spiro atoms. The molecule has 3 rings (SSSR count). The van der Waals surface area contributed by atoms with Crippen molar-refractivity contribution in [2.24, 2.45) is 12.8 Å². The summed E-state index contributed by atoms with van der Waals surface area (Å²) in [6.07, 6.45) is 0.741. The molecule has 0 fully saturated rings. The molecule has 20 heavy (non-hydrogen) atoms. The van der Waals surface area contributed by atoms with E-state index in [2.05, 4.69) is 12.0 Å². The molecule has 0 saturated heterocycles. The number of rotatable bonds is 3. The molecule has 0 radical (unpaired) electrons. The summed E-state index contributed by atoms with van der Waals surface area (Å²) in [6, 6.07) is 9.85. The van der Waals surface area contributed by atoms with Crippen molar-refractivity contribution >= 4 is 11.0 Å². The third kappa shape index (κ3) is 2.12.